The van der Waals surface area contributed by atoms with E-state index in [1.807, 2.05) is 27.7 Å². The molecule has 11 heteroatoms. The smallest absolute Gasteiger partial charge is 0.363 e. The maximum atomic E-state index is 12.9. The quantitative estimate of drug-likeness (QED) is 0.534. The van der Waals surface area contributed by atoms with E-state index in [4.69, 9.17) is 4.52 Å². The van der Waals surface area contributed by atoms with Crippen LogP contribution in [0.1, 0.15) is 51.0 Å². The summed E-state index contributed by atoms with van der Waals surface area (Å²) in [4.78, 5) is 18.9. The van der Waals surface area contributed by atoms with Gasteiger partial charge in [0, 0.05) is 37.7 Å². The van der Waals surface area contributed by atoms with Gasteiger partial charge in [-0.1, -0.05) is 25.9 Å². The molecular weight excluding hydrogens is 403 g/mol. The molecule has 8 nitrogen and oxygen atoms in total. The molecule has 0 unspecified atom stereocenters. The lowest BCUT2D eigenvalue weighted by molar-refractivity contribution is -0.384. The molecule has 0 bridgehead atoms. The fourth-order valence-electron chi connectivity index (χ4n) is 3.33. The lowest BCUT2D eigenvalue weighted by Crippen LogP contribution is -2.47. The van der Waals surface area contributed by atoms with E-state index in [9.17, 15) is 23.3 Å². The number of halogens is 3. The molecule has 1 aromatic carbocycles. The summed E-state index contributed by atoms with van der Waals surface area (Å²) in [6.07, 6.45) is -4.63. The Hall–Kier alpha value is -2.69. The summed E-state index contributed by atoms with van der Waals surface area (Å²) < 4.78 is 44.2. The second-order valence-corrected chi connectivity index (χ2v) is 8.36. The van der Waals surface area contributed by atoms with Gasteiger partial charge in [-0.25, -0.2) is 0 Å². The zero-order valence-electron chi connectivity index (χ0n) is 17.2. The Morgan fingerprint density at radius 1 is 1.17 bits per heavy atom. The molecule has 0 amide bonds. The Morgan fingerprint density at radius 3 is 2.30 bits per heavy atom. The lowest BCUT2D eigenvalue weighted by Gasteiger charge is -2.37. The maximum absolute atomic E-state index is 12.9. The Morgan fingerprint density at radius 2 is 1.80 bits per heavy atom. The van der Waals surface area contributed by atoms with E-state index in [-0.39, 0.29) is 17.1 Å². The summed E-state index contributed by atoms with van der Waals surface area (Å²) in [5, 5.41) is 15.4. The summed E-state index contributed by atoms with van der Waals surface area (Å²) in [5.41, 5.74) is -1.62. The fraction of sp³-hybridized carbons (Fsp3) is 0.579. The van der Waals surface area contributed by atoms with E-state index in [2.05, 4.69) is 15.0 Å². The maximum Gasteiger partial charge on any atom is 0.416 e. The fourth-order valence-corrected chi connectivity index (χ4v) is 3.33. The van der Waals surface area contributed by atoms with Crippen LogP contribution < -0.4 is 4.90 Å². The minimum absolute atomic E-state index is 0.140. The van der Waals surface area contributed by atoms with Crippen molar-refractivity contribution in [3.05, 3.63) is 45.6 Å². The molecule has 1 saturated heterocycles. The van der Waals surface area contributed by atoms with Gasteiger partial charge in [-0.05, 0) is 19.1 Å². The predicted octanol–water partition coefficient (Wildman–Crippen LogP) is 4.18. The average molecular weight is 427 g/mol. The number of nitrogens with zero attached hydrogens (tertiary/aromatic N) is 5. The summed E-state index contributed by atoms with van der Waals surface area (Å²) in [7, 11) is 0. The number of aromatic nitrogens is 2. The molecule has 1 fully saturated rings. The molecule has 0 saturated carbocycles. The lowest BCUT2D eigenvalue weighted by atomic mass is 9.96. The van der Waals surface area contributed by atoms with Crippen LogP contribution in [0.4, 0.5) is 24.5 Å². The highest BCUT2D eigenvalue weighted by Gasteiger charge is 2.35. The molecule has 0 N–H and O–H groups in total. The van der Waals surface area contributed by atoms with Crippen LogP contribution in [-0.4, -0.2) is 46.1 Å². The van der Waals surface area contributed by atoms with Crippen molar-refractivity contribution in [2.75, 3.05) is 31.1 Å². The molecule has 0 aliphatic carbocycles. The van der Waals surface area contributed by atoms with E-state index < -0.39 is 22.4 Å². The van der Waals surface area contributed by atoms with Crippen molar-refractivity contribution < 1.29 is 22.6 Å². The minimum Gasteiger partial charge on any atom is -0.363 e. The molecular formula is C19H24F3N5O3. The highest BCUT2D eigenvalue weighted by atomic mass is 19.4. The van der Waals surface area contributed by atoms with Crippen molar-refractivity contribution in [3.63, 3.8) is 0 Å². The second kappa shape index (κ2) is 7.86. The topological polar surface area (TPSA) is 88.5 Å². The number of benzene rings is 1. The van der Waals surface area contributed by atoms with Crippen LogP contribution in [0.3, 0.4) is 0 Å². The van der Waals surface area contributed by atoms with Gasteiger partial charge >= 0.3 is 6.18 Å². The van der Waals surface area contributed by atoms with Crippen LogP contribution in [0.25, 0.3) is 0 Å². The van der Waals surface area contributed by atoms with Gasteiger partial charge < -0.3 is 9.42 Å². The van der Waals surface area contributed by atoms with Gasteiger partial charge in [0.1, 0.15) is 5.69 Å². The number of alkyl halides is 3. The van der Waals surface area contributed by atoms with E-state index in [1.165, 1.54) is 6.07 Å². The van der Waals surface area contributed by atoms with Gasteiger partial charge in [0.25, 0.3) is 5.69 Å². The van der Waals surface area contributed by atoms with Gasteiger partial charge in [0.2, 0.25) is 5.89 Å². The van der Waals surface area contributed by atoms with Gasteiger partial charge in [-0.3, -0.25) is 15.0 Å². The molecule has 1 aliphatic heterocycles. The first kappa shape index (κ1) is 22.0. The van der Waals surface area contributed by atoms with Crippen LogP contribution >= 0.6 is 0 Å². The molecule has 2 heterocycles. The van der Waals surface area contributed by atoms with Gasteiger partial charge in [-0.2, -0.15) is 18.2 Å². The standard InChI is InChI=1S/C19H24F3N5O3/c1-12(16-23-17(24-30-16)18(2,3)4)25-7-9-26(10-8-25)14-6-5-13(19(20,21)22)11-15(14)27(28)29/h5-6,11-12H,7-10H2,1-4H3/t12-/m1/s1. The highest BCUT2D eigenvalue weighted by Crippen LogP contribution is 2.37. The summed E-state index contributed by atoms with van der Waals surface area (Å²) in [6, 6.07) is 2.51. The number of nitro benzene ring substituents is 1. The number of hydrogen-bond acceptors (Lipinski definition) is 7. The number of nitro groups is 1. The van der Waals surface area contributed by atoms with Crippen LogP contribution in [0.2, 0.25) is 0 Å². The summed E-state index contributed by atoms with van der Waals surface area (Å²) in [5.74, 6) is 1.11. The van der Waals surface area contributed by atoms with Gasteiger partial charge in [0.05, 0.1) is 16.5 Å². The third-order valence-electron chi connectivity index (χ3n) is 5.17. The van der Waals surface area contributed by atoms with Crippen LogP contribution in [0.5, 0.6) is 0 Å². The van der Waals surface area contributed by atoms with Crippen molar-refractivity contribution in [1.29, 1.82) is 0 Å². The van der Waals surface area contributed by atoms with Crippen molar-refractivity contribution in [2.45, 2.75) is 45.3 Å². The Kier molecular flexibility index (Phi) is 5.76. The number of piperazine rings is 1. The third-order valence-corrected chi connectivity index (χ3v) is 5.17. The van der Waals surface area contributed by atoms with E-state index >= 15 is 0 Å². The zero-order chi connectivity index (χ0) is 22.3. The molecule has 0 radical (unpaired) electrons. The minimum atomic E-state index is -4.63. The van der Waals surface area contributed by atoms with E-state index in [0.717, 1.165) is 6.07 Å². The van der Waals surface area contributed by atoms with Crippen LogP contribution in [0.15, 0.2) is 22.7 Å². The van der Waals surface area contributed by atoms with E-state index in [0.29, 0.717) is 44.0 Å². The first-order chi connectivity index (χ1) is 13.9. The first-order valence-electron chi connectivity index (χ1n) is 9.56. The number of hydrogen-bond donors (Lipinski definition) is 0. The van der Waals surface area contributed by atoms with Crippen LogP contribution in [0, 0.1) is 10.1 Å². The molecule has 2 aromatic rings. The van der Waals surface area contributed by atoms with Crippen LogP contribution in [-0.2, 0) is 11.6 Å². The largest absolute Gasteiger partial charge is 0.416 e. The van der Waals surface area contributed by atoms with Crippen molar-refractivity contribution in [3.8, 4) is 0 Å². The number of anilines is 1. The Balaban J connectivity index is 1.72. The average Bonchev–Trinajstić information content (AvgIpc) is 3.17. The van der Waals surface area contributed by atoms with Crippen molar-refractivity contribution in [1.82, 2.24) is 15.0 Å². The van der Waals surface area contributed by atoms with Gasteiger partial charge in [-0.15, -0.1) is 0 Å². The predicted molar refractivity (Wildman–Crippen MR) is 103 cm³/mol. The second-order valence-electron chi connectivity index (χ2n) is 8.36. The Bertz CT molecular complexity index is 915. The molecule has 1 aliphatic rings. The monoisotopic (exact) mass is 427 g/mol. The van der Waals surface area contributed by atoms with Gasteiger partial charge in [0.15, 0.2) is 5.82 Å². The summed E-state index contributed by atoms with van der Waals surface area (Å²) >= 11 is 0. The Labute approximate surface area is 171 Å². The van der Waals surface area contributed by atoms with E-state index in [1.54, 1.807) is 4.90 Å². The first-order valence-corrected chi connectivity index (χ1v) is 9.56. The zero-order valence-corrected chi connectivity index (χ0v) is 17.2. The van der Waals surface area contributed by atoms with Crippen molar-refractivity contribution in [2.24, 2.45) is 0 Å². The molecule has 1 atom stereocenters. The molecule has 30 heavy (non-hydrogen) atoms. The van der Waals surface area contributed by atoms with Crippen molar-refractivity contribution >= 4 is 11.4 Å². The normalized spacial score (nSPS) is 17.2. The molecule has 3 rings (SSSR count). The highest BCUT2D eigenvalue weighted by molar-refractivity contribution is 5.65. The number of rotatable bonds is 4. The molecule has 0 spiro atoms. The molecule has 1 aromatic heterocycles. The molecule has 164 valence electrons. The SMILES string of the molecule is C[C@H](c1nc(C(C)(C)C)no1)N1CCN(c2ccc(C(F)(F)F)cc2[N+](=O)[O-])CC1. The third kappa shape index (κ3) is 4.55. The summed E-state index contributed by atoms with van der Waals surface area (Å²) in [6.45, 7) is 9.86.